The highest BCUT2D eigenvalue weighted by molar-refractivity contribution is 7.89. The molecule has 0 aliphatic heterocycles. The molecule has 3 N–H and O–H groups in total. The largest absolute Gasteiger partial charge is 0.398 e. The van der Waals surface area contributed by atoms with Gasteiger partial charge in [-0.05, 0) is 25.1 Å². The van der Waals surface area contributed by atoms with Crippen LogP contribution in [-0.2, 0) is 10.0 Å². The molecule has 5 nitrogen and oxygen atoms in total. The molecule has 96 valence electrons. The molecule has 1 rings (SSSR count). The lowest BCUT2D eigenvalue weighted by Gasteiger charge is -2.18. The Hall–Kier alpha value is -0.820. The molecule has 1 aromatic carbocycles. The number of halogens is 1. The Morgan fingerprint density at radius 1 is 1.53 bits per heavy atom. The van der Waals surface area contributed by atoms with Gasteiger partial charge < -0.3 is 10.8 Å². The second kappa shape index (κ2) is 5.22. The zero-order valence-corrected chi connectivity index (χ0v) is 11.2. The maximum atomic E-state index is 12.0. The number of likely N-dealkylation sites (N-methyl/N-ethyl adjacent to an activating group) is 1. The van der Waals surface area contributed by atoms with Gasteiger partial charge in [-0.3, -0.25) is 0 Å². The van der Waals surface area contributed by atoms with E-state index in [0.29, 0.717) is 5.69 Å². The molecule has 0 spiro atoms. The minimum atomic E-state index is -3.64. The summed E-state index contributed by atoms with van der Waals surface area (Å²) in [7, 11) is -2.24. The van der Waals surface area contributed by atoms with Gasteiger partial charge >= 0.3 is 0 Å². The van der Waals surface area contributed by atoms with Crippen molar-refractivity contribution in [3.05, 3.63) is 23.2 Å². The van der Waals surface area contributed by atoms with Crippen LogP contribution in [0.2, 0.25) is 5.02 Å². The molecule has 1 aromatic rings. The van der Waals surface area contributed by atoms with Gasteiger partial charge in [-0.2, -0.15) is 4.31 Å². The smallest absolute Gasteiger partial charge is 0.242 e. The normalized spacial score (nSPS) is 13.9. The van der Waals surface area contributed by atoms with Crippen LogP contribution in [0.15, 0.2) is 23.1 Å². The number of sulfonamides is 1. The van der Waals surface area contributed by atoms with Crippen LogP contribution in [0.25, 0.3) is 0 Å². The van der Waals surface area contributed by atoms with Crippen LogP contribution in [0, 0.1) is 0 Å². The van der Waals surface area contributed by atoms with Crippen LogP contribution < -0.4 is 5.73 Å². The standard InChI is InChI=1S/C10H15ClN2O3S/c1-7(14)6-13(2)17(15,16)8-3-4-10(12)9(11)5-8/h3-5,7,14H,6,12H2,1-2H3. The van der Waals surface area contributed by atoms with Crippen molar-refractivity contribution in [2.45, 2.75) is 17.9 Å². The second-order valence-corrected chi connectivity index (χ2v) is 6.27. The number of hydrogen-bond acceptors (Lipinski definition) is 4. The zero-order valence-electron chi connectivity index (χ0n) is 9.59. The molecule has 0 aromatic heterocycles. The van der Waals surface area contributed by atoms with E-state index in [4.69, 9.17) is 17.3 Å². The van der Waals surface area contributed by atoms with Crippen molar-refractivity contribution in [2.24, 2.45) is 0 Å². The molecule has 0 aliphatic rings. The lowest BCUT2D eigenvalue weighted by atomic mass is 10.3. The quantitative estimate of drug-likeness (QED) is 0.803. The molecule has 0 radical (unpaired) electrons. The summed E-state index contributed by atoms with van der Waals surface area (Å²) in [5, 5.41) is 9.37. The van der Waals surface area contributed by atoms with Crippen LogP contribution in [0.4, 0.5) is 5.69 Å². The van der Waals surface area contributed by atoms with Crippen LogP contribution in [-0.4, -0.2) is 37.5 Å². The fourth-order valence-corrected chi connectivity index (χ4v) is 2.84. The Labute approximate surface area is 106 Å². The molecule has 0 amide bonds. The average Bonchev–Trinajstić information content (AvgIpc) is 2.20. The van der Waals surface area contributed by atoms with E-state index in [1.54, 1.807) is 0 Å². The molecule has 0 aliphatic carbocycles. The molecule has 7 heteroatoms. The Balaban J connectivity index is 3.09. The summed E-state index contributed by atoms with van der Waals surface area (Å²) >= 11 is 5.77. The molecule has 0 saturated heterocycles. The second-order valence-electron chi connectivity index (χ2n) is 3.82. The molecule has 0 bridgehead atoms. The predicted octanol–water partition coefficient (Wildman–Crippen LogP) is 0.924. The van der Waals surface area contributed by atoms with Gasteiger partial charge in [0.15, 0.2) is 0 Å². The zero-order chi connectivity index (χ0) is 13.2. The van der Waals surface area contributed by atoms with Crippen LogP contribution >= 0.6 is 11.6 Å². The van der Waals surface area contributed by atoms with E-state index >= 15 is 0 Å². The Morgan fingerprint density at radius 2 is 2.12 bits per heavy atom. The van der Waals surface area contributed by atoms with Crippen molar-refractivity contribution in [1.82, 2.24) is 4.31 Å². The number of nitrogens with zero attached hydrogens (tertiary/aromatic N) is 1. The van der Waals surface area contributed by atoms with Gasteiger partial charge in [-0.1, -0.05) is 11.6 Å². The van der Waals surface area contributed by atoms with Crippen molar-refractivity contribution < 1.29 is 13.5 Å². The molecular weight excluding hydrogens is 264 g/mol. The lowest BCUT2D eigenvalue weighted by Crippen LogP contribution is -2.33. The summed E-state index contributed by atoms with van der Waals surface area (Å²) in [5.74, 6) is 0. The summed E-state index contributed by atoms with van der Waals surface area (Å²) in [6, 6.07) is 4.12. The fraction of sp³-hybridized carbons (Fsp3) is 0.400. The van der Waals surface area contributed by atoms with Gasteiger partial charge in [0, 0.05) is 13.6 Å². The highest BCUT2D eigenvalue weighted by Crippen LogP contribution is 2.24. The van der Waals surface area contributed by atoms with E-state index in [2.05, 4.69) is 0 Å². The van der Waals surface area contributed by atoms with Gasteiger partial charge in [0.25, 0.3) is 0 Å². The topological polar surface area (TPSA) is 83.6 Å². The first-order chi connectivity index (χ1) is 7.75. The highest BCUT2D eigenvalue weighted by atomic mass is 35.5. The number of anilines is 1. The van der Waals surface area contributed by atoms with Gasteiger partial charge in [0.05, 0.1) is 21.7 Å². The molecule has 0 heterocycles. The molecule has 0 fully saturated rings. The van der Waals surface area contributed by atoms with E-state index < -0.39 is 16.1 Å². The van der Waals surface area contributed by atoms with E-state index in [1.807, 2.05) is 0 Å². The van der Waals surface area contributed by atoms with Gasteiger partial charge in [-0.25, -0.2) is 8.42 Å². The van der Waals surface area contributed by atoms with Crippen LogP contribution in [0.3, 0.4) is 0 Å². The fourth-order valence-electron chi connectivity index (χ4n) is 1.32. The van der Waals surface area contributed by atoms with Crippen molar-refractivity contribution in [3.63, 3.8) is 0 Å². The molecule has 1 atom stereocenters. The van der Waals surface area contributed by atoms with E-state index in [0.717, 1.165) is 4.31 Å². The maximum absolute atomic E-state index is 12.0. The minimum Gasteiger partial charge on any atom is -0.398 e. The maximum Gasteiger partial charge on any atom is 0.242 e. The monoisotopic (exact) mass is 278 g/mol. The first-order valence-electron chi connectivity index (χ1n) is 4.94. The summed E-state index contributed by atoms with van der Waals surface area (Å²) < 4.78 is 25.2. The van der Waals surface area contributed by atoms with Gasteiger partial charge in [0.2, 0.25) is 10.0 Å². The first kappa shape index (κ1) is 14.2. The highest BCUT2D eigenvalue weighted by Gasteiger charge is 2.22. The molecule has 1 unspecified atom stereocenters. The van der Waals surface area contributed by atoms with E-state index in [1.165, 1.54) is 32.2 Å². The van der Waals surface area contributed by atoms with Crippen LogP contribution in [0.5, 0.6) is 0 Å². The number of rotatable bonds is 4. The third-order valence-electron chi connectivity index (χ3n) is 2.20. The molecule has 17 heavy (non-hydrogen) atoms. The van der Waals surface area contributed by atoms with Gasteiger partial charge in [-0.15, -0.1) is 0 Å². The third kappa shape index (κ3) is 3.32. The number of nitrogens with two attached hydrogens (primary N) is 1. The number of hydrogen-bond donors (Lipinski definition) is 2. The number of benzene rings is 1. The molecular formula is C10H15ClN2O3S. The Morgan fingerprint density at radius 3 is 2.59 bits per heavy atom. The van der Waals surface area contributed by atoms with Gasteiger partial charge in [0.1, 0.15) is 0 Å². The van der Waals surface area contributed by atoms with Crippen molar-refractivity contribution in [3.8, 4) is 0 Å². The molecule has 0 saturated carbocycles. The number of nitrogen functional groups attached to an aromatic ring is 1. The summed E-state index contributed by atoms with van der Waals surface area (Å²) in [5.41, 5.74) is 5.83. The lowest BCUT2D eigenvalue weighted by molar-refractivity contribution is 0.171. The Bertz CT molecular complexity index is 502. The number of aliphatic hydroxyl groups excluding tert-OH is 1. The van der Waals surface area contributed by atoms with E-state index in [9.17, 15) is 13.5 Å². The summed E-state index contributed by atoms with van der Waals surface area (Å²) in [4.78, 5) is 0.0554. The van der Waals surface area contributed by atoms with Crippen LogP contribution in [0.1, 0.15) is 6.92 Å². The third-order valence-corrected chi connectivity index (χ3v) is 4.35. The Kier molecular flexibility index (Phi) is 4.37. The minimum absolute atomic E-state index is 0.0182. The predicted molar refractivity (Wildman–Crippen MR) is 67.4 cm³/mol. The van der Waals surface area contributed by atoms with E-state index in [-0.39, 0.29) is 16.5 Å². The number of aliphatic hydroxyl groups is 1. The SMILES string of the molecule is CC(O)CN(C)S(=O)(=O)c1ccc(N)c(Cl)c1. The van der Waals surface area contributed by atoms with Crippen molar-refractivity contribution >= 4 is 27.3 Å². The van der Waals surface area contributed by atoms with Crippen molar-refractivity contribution in [1.29, 1.82) is 0 Å². The summed E-state index contributed by atoms with van der Waals surface area (Å²) in [6.07, 6.45) is -0.737. The van der Waals surface area contributed by atoms with Crippen molar-refractivity contribution in [2.75, 3.05) is 19.3 Å². The average molecular weight is 279 g/mol. The summed E-state index contributed by atoms with van der Waals surface area (Å²) in [6.45, 7) is 1.53. The first-order valence-corrected chi connectivity index (χ1v) is 6.76.